The van der Waals surface area contributed by atoms with Crippen LogP contribution >= 0.6 is 22.7 Å². The van der Waals surface area contributed by atoms with Gasteiger partial charge >= 0.3 is 0 Å². The van der Waals surface area contributed by atoms with E-state index in [0.717, 1.165) is 10.9 Å². The van der Waals surface area contributed by atoms with Crippen molar-refractivity contribution < 1.29 is 5.11 Å². The number of aromatic hydroxyl groups is 1. The summed E-state index contributed by atoms with van der Waals surface area (Å²) in [4.78, 5) is 20.2. The van der Waals surface area contributed by atoms with Crippen molar-refractivity contribution in [2.24, 2.45) is 0 Å². The van der Waals surface area contributed by atoms with Crippen LogP contribution < -0.4 is 11.3 Å². The molecule has 0 aliphatic rings. The minimum Gasteiger partial charge on any atom is -0.506 e. The van der Waals surface area contributed by atoms with Crippen molar-refractivity contribution in [2.45, 2.75) is 0 Å². The van der Waals surface area contributed by atoms with Crippen molar-refractivity contribution in [3.63, 3.8) is 0 Å². The first-order chi connectivity index (χ1) is 11.1. The molecule has 0 spiro atoms. The Balaban J connectivity index is 2.33. The van der Waals surface area contributed by atoms with E-state index >= 15 is 0 Å². The van der Waals surface area contributed by atoms with Crippen LogP contribution in [0.4, 0.5) is 5.82 Å². The van der Waals surface area contributed by atoms with Gasteiger partial charge in [-0.1, -0.05) is 6.07 Å². The Hall–Kier alpha value is -2.89. The van der Waals surface area contributed by atoms with Gasteiger partial charge in [-0.3, -0.25) is 4.79 Å². The van der Waals surface area contributed by atoms with E-state index in [1.54, 1.807) is 0 Å². The Labute approximate surface area is 137 Å². The Bertz CT molecular complexity index is 1170. The van der Waals surface area contributed by atoms with E-state index in [-0.39, 0.29) is 17.1 Å². The largest absolute Gasteiger partial charge is 0.506 e. The molecule has 0 bridgehead atoms. The van der Waals surface area contributed by atoms with Crippen molar-refractivity contribution in [2.75, 3.05) is 5.73 Å². The Kier molecular flexibility index (Phi) is 2.87. The van der Waals surface area contributed by atoms with Crippen molar-refractivity contribution >= 4 is 48.9 Å². The summed E-state index contributed by atoms with van der Waals surface area (Å²) in [6, 6.07) is 6.97. The maximum Gasteiger partial charge on any atom is 0.252 e. The Morgan fingerprint density at radius 1 is 1.43 bits per heavy atom. The number of aromatic amines is 1. The highest BCUT2D eigenvalue weighted by Crippen LogP contribution is 2.44. The summed E-state index contributed by atoms with van der Waals surface area (Å²) in [5.74, 6) is 0.0257. The molecule has 0 saturated heterocycles. The maximum atomic E-state index is 11.7. The van der Waals surface area contributed by atoms with Gasteiger partial charge in [0.05, 0.1) is 10.2 Å². The second kappa shape index (κ2) is 4.81. The highest BCUT2D eigenvalue weighted by molar-refractivity contribution is 7.26. The number of thiophene rings is 2. The number of H-pyrrole nitrogens is 1. The monoisotopic (exact) mass is 340 g/mol. The lowest BCUT2D eigenvalue weighted by atomic mass is 10.0. The number of anilines is 1. The van der Waals surface area contributed by atoms with E-state index in [1.165, 1.54) is 22.7 Å². The Morgan fingerprint density at radius 3 is 2.96 bits per heavy atom. The maximum absolute atomic E-state index is 11.7. The van der Waals surface area contributed by atoms with Gasteiger partial charge < -0.3 is 15.8 Å². The lowest BCUT2D eigenvalue weighted by Gasteiger charge is -2.06. The number of nitrogen functional groups attached to an aromatic ring is 1. The predicted octanol–water partition coefficient (Wildman–Crippen LogP) is 3.03. The van der Waals surface area contributed by atoms with E-state index in [0.29, 0.717) is 26.0 Å². The van der Waals surface area contributed by atoms with Crippen LogP contribution in [0.1, 0.15) is 5.56 Å². The second-order valence-electron chi connectivity index (χ2n) is 4.84. The first kappa shape index (κ1) is 13.8. The van der Waals surface area contributed by atoms with Gasteiger partial charge in [-0.05, 0) is 11.4 Å². The number of fused-ring (bicyclic) bond motifs is 3. The summed E-state index contributed by atoms with van der Waals surface area (Å²) in [6.45, 7) is 0. The van der Waals surface area contributed by atoms with Crippen molar-refractivity contribution in [1.29, 1.82) is 5.26 Å². The third-order valence-corrected chi connectivity index (χ3v) is 5.49. The number of pyridine rings is 2. The number of nitrogens with two attached hydrogens (primary N) is 1. The average Bonchev–Trinajstić information content (AvgIpc) is 3.13. The van der Waals surface area contributed by atoms with Crippen molar-refractivity contribution in [1.82, 2.24) is 9.97 Å². The molecule has 4 rings (SSSR count). The zero-order valence-corrected chi connectivity index (χ0v) is 13.1. The van der Waals surface area contributed by atoms with Crippen LogP contribution in [0, 0.1) is 11.3 Å². The molecule has 4 heterocycles. The van der Waals surface area contributed by atoms with Crippen LogP contribution in [0.5, 0.6) is 5.75 Å². The summed E-state index contributed by atoms with van der Waals surface area (Å²) in [6.07, 6.45) is 0. The molecule has 8 heteroatoms. The molecule has 0 unspecified atom stereocenters. The van der Waals surface area contributed by atoms with Crippen LogP contribution in [0.15, 0.2) is 28.4 Å². The van der Waals surface area contributed by atoms with Gasteiger partial charge in [0.1, 0.15) is 28.0 Å². The fraction of sp³-hybridized carbons (Fsp3) is 0. The van der Waals surface area contributed by atoms with Crippen LogP contribution in [-0.2, 0) is 0 Å². The fourth-order valence-corrected chi connectivity index (χ4v) is 4.42. The quantitative estimate of drug-likeness (QED) is 0.492. The number of hydrogen-bond acceptors (Lipinski definition) is 7. The molecule has 0 amide bonds. The third kappa shape index (κ3) is 1.91. The average molecular weight is 340 g/mol. The van der Waals surface area contributed by atoms with Gasteiger partial charge in [0.2, 0.25) is 0 Å². The summed E-state index contributed by atoms with van der Waals surface area (Å²) in [7, 11) is 0. The van der Waals surface area contributed by atoms with Crippen molar-refractivity contribution in [3.8, 4) is 22.3 Å². The molecule has 0 aliphatic carbocycles. The highest BCUT2D eigenvalue weighted by atomic mass is 32.1. The smallest absolute Gasteiger partial charge is 0.252 e. The first-order valence-electron chi connectivity index (χ1n) is 6.52. The predicted molar refractivity (Wildman–Crippen MR) is 91.9 cm³/mol. The van der Waals surface area contributed by atoms with Gasteiger partial charge in [0.25, 0.3) is 5.56 Å². The molecule has 0 fully saturated rings. The Morgan fingerprint density at radius 2 is 2.26 bits per heavy atom. The molecule has 23 heavy (non-hydrogen) atoms. The SMILES string of the molecule is N#Cc1c(N)nc2sc3c(O)cc(=O)[nH]c3c2c1-c1cccs1. The second-order valence-corrected chi connectivity index (χ2v) is 6.79. The number of nitrogens with zero attached hydrogens (tertiary/aromatic N) is 2. The number of nitriles is 1. The summed E-state index contributed by atoms with van der Waals surface area (Å²) < 4.78 is 0.513. The third-order valence-electron chi connectivity index (χ3n) is 3.50. The fourth-order valence-electron chi connectivity index (χ4n) is 2.58. The molecule has 112 valence electrons. The molecular weight excluding hydrogens is 332 g/mol. The minimum atomic E-state index is -0.415. The highest BCUT2D eigenvalue weighted by Gasteiger charge is 2.21. The van der Waals surface area contributed by atoms with Crippen LogP contribution in [0.3, 0.4) is 0 Å². The molecule has 0 atom stereocenters. The topological polar surface area (TPSA) is 116 Å². The molecule has 0 radical (unpaired) electrons. The summed E-state index contributed by atoms with van der Waals surface area (Å²) in [5, 5.41) is 22.1. The zero-order valence-electron chi connectivity index (χ0n) is 11.5. The van der Waals surface area contributed by atoms with Gasteiger partial charge in [-0.25, -0.2) is 4.98 Å². The molecule has 4 aromatic rings. The summed E-state index contributed by atoms with van der Waals surface area (Å²) >= 11 is 2.69. The zero-order chi connectivity index (χ0) is 16.1. The molecular formula is C15H8N4O2S2. The van der Waals surface area contributed by atoms with Crippen LogP contribution in [-0.4, -0.2) is 15.1 Å². The van der Waals surface area contributed by atoms with Crippen LogP contribution in [0.25, 0.3) is 30.9 Å². The molecule has 6 nitrogen and oxygen atoms in total. The molecule has 0 aromatic carbocycles. The number of nitrogens with one attached hydrogen (secondary N) is 1. The number of aromatic nitrogens is 2. The molecule has 4 aromatic heterocycles. The lowest BCUT2D eigenvalue weighted by Crippen LogP contribution is -2.02. The van der Waals surface area contributed by atoms with E-state index in [2.05, 4.69) is 16.0 Å². The lowest BCUT2D eigenvalue weighted by molar-refractivity contribution is 0.481. The first-order valence-corrected chi connectivity index (χ1v) is 8.21. The van der Waals surface area contributed by atoms with E-state index < -0.39 is 5.56 Å². The molecule has 0 aliphatic heterocycles. The number of hydrogen-bond donors (Lipinski definition) is 3. The standard InChI is InChI=1S/C15H8N4O2S2/c16-5-6-10(8-2-1-3-22-8)11-12-13(7(20)4-9(21)18-12)23-15(11)19-14(6)17/h1-4H,(H2,17,19)(H2,18,20,21). The van der Waals surface area contributed by atoms with E-state index in [1.807, 2.05) is 17.5 Å². The van der Waals surface area contributed by atoms with Gasteiger partial charge in [-0.2, -0.15) is 5.26 Å². The van der Waals surface area contributed by atoms with E-state index in [9.17, 15) is 15.2 Å². The van der Waals surface area contributed by atoms with Gasteiger partial charge in [0.15, 0.2) is 0 Å². The van der Waals surface area contributed by atoms with Crippen molar-refractivity contribution in [3.05, 3.63) is 39.5 Å². The van der Waals surface area contributed by atoms with Crippen LogP contribution in [0.2, 0.25) is 0 Å². The minimum absolute atomic E-state index is 0.110. The van der Waals surface area contributed by atoms with Gasteiger partial charge in [0, 0.05) is 21.9 Å². The summed E-state index contributed by atoms with van der Waals surface area (Å²) in [5.41, 5.74) is 6.90. The normalized spacial score (nSPS) is 11.1. The number of rotatable bonds is 1. The molecule has 0 saturated carbocycles. The molecule has 4 N–H and O–H groups in total. The van der Waals surface area contributed by atoms with E-state index in [4.69, 9.17) is 5.73 Å². The van der Waals surface area contributed by atoms with Gasteiger partial charge in [-0.15, -0.1) is 22.7 Å².